The third kappa shape index (κ3) is 4.56. The molecule has 1 atom stereocenters. The minimum absolute atomic E-state index is 0.0232. The van der Waals surface area contributed by atoms with Gasteiger partial charge in [-0.15, -0.1) is 0 Å². The maximum atomic E-state index is 13.4. The molecule has 0 aliphatic carbocycles. The molecule has 0 saturated heterocycles. The first-order valence-corrected chi connectivity index (χ1v) is 6.82. The molecule has 102 valence electrons. The topological polar surface area (TPSA) is 29.3 Å². The molecule has 4 heteroatoms. The molecule has 1 rings (SSSR count). The second kappa shape index (κ2) is 7.72. The van der Waals surface area contributed by atoms with Gasteiger partial charge in [0.1, 0.15) is 5.82 Å². The first kappa shape index (κ1) is 15.4. The normalized spacial score (nSPS) is 13.0. The van der Waals surface area contributed by atoms with Crippen LogP contribution in [-0.4, -0.2) is 25.0 Å². The third-order valence-corrected chi connectivity index (χ3v) is 3.36. The van der Waals surface area contributed by atoms with Gasteiger partial charge in [0.25, 0.3) is 0 Å². The number of nitrogens with two attached hydrogens (primary N) is 1. The first-order chi connectivity index (χ1) is 8.58. The molecule has 1 unspecified atom stereocenters. The van der Waals surface area contributed by atoms with Crippen LogP contribution in [0.15, 0.2) is 18.2 Å². The molecule has 0 aliphatic rings. The van der Waals surface area contributed by atoms with Crippen molar-refractivity contribution in [3.05, 3.63) is 34.6 Å². The van der Waals surface area contributed by atoms with Gasteiger partial charge in [-0.2, -0.15) is 0 Å². The van der Waals surface area contributed by atoms with Crippen LogP contribution in [0.3, 0.4) is 0 Å². The summed E-state index contributed by atoms with van der Waals surface area (Å²) in [6.07, 6.45) is 3.52. The Labute approximate surface area is 114 Å². The van der Waals surface area contributed by atoms with Gasteiger partial charge in [-0.25, -0.2) is 4.39 Å². The van der Waals surface area contributed by atoms with E-state index in [1.165, 1.54) is 25.0 Å². The van der Waals surface area contributed by atoms with Gasteiger partial charge in [-0.1, -0.05) is 31.4 Å². The molecule has 2 nitrogen and oxygen atoms in total. The van der Waals surface area contributed by atoms with Crippen LogP contribution in [-0.2, 0) is 0 Å². The third-order valence-electron chi connectivity index (χ3n) is 3.14. The predicted octanol–water partition coefficient (Wildman–Crippen LogP) is 3.60. The lowest BCUT2D eigenvalue weighted by atomic mass is 10.1. The molecule has 0 aromatic heterocycles. The average Bonchev–Trinajstić information content (AvgIpc) is 2.29. The van der Waals surface area contributed by atoms with E-state index in [0.29, 0.717) is 11.6 Å². The van der Waals surface area contributed by atoms with Gasteiger partial charge in [0.15, 0.2) is 0 Å². The fourth-order valence-corrected chi connectivity index (χ4v) is 2.34. The van der Waals surface area contributed by atoms with Gasteiger partial charge in [-0.05, 0) is 43.8 Å². The number of hydrogen-bond acceptors (Lipinski definition) is 2. The van der Waals surface area contributed by atoms with Crippen molar-refractivity contribution in [1.29, 1.82) is 0 Å². The quantitative estimate of drug-likeness (QED) is 0.769. The van der Waals surface area contributed by atoms with Crippen LogP contribution >= 0.6 is 11.6 Å². The van der Waals surface area contributed by atoms with Gasteiger partial charge in [0.05, 0.1) is 0 Å². The molecule has 0 fully saturated rings. The molecule has 18 heavy (non-hydrogen) atoms. The fourth-order valence-electron chi connectivity index (χ4n) is 2.11. The summed E-state index contributed by atoms with van der Waals surface area (Å²) in [6.45, 7) is 3.60. The van der Waals surface area contributed by atoms with Gasteiger partial charge in [0.2, 0.25) is 0 Å². The smallest absolute Gasteiger partial charge is 0.125 e. The highest BCUT2D eigenvalue weighted by Crippen LogP contribution is 2.23. The van der Waals surface area contributed by atoms with Crippen LogP contribution in [0.1, 0.15) is 37.8 Å². The summed E-state index contributed by atoms with van der Waals surface area (Å²) in [5, 5.41) is 0.422. The molecular formula is C14H22ClFN2. The molecule has 2 N–H and O–H groups in total. The largest absolute Gasteiger partial charge is 0.329 e. The molecule has 0 amide bonds. The van der Waals surface area contributed by atoms with Crippen LogP contribution in [0.5, 0.6) is 0 Å². The van der Waals surface area contributed by atoms with Crippen molar-refractivity contribution in [2.45, 2.75) is 32.2 Å². The Hall–Kier alpha value is -0.640. The van der Waals surface area contributed by atoms with Crippen molar-refractivity contribution in [1.82, 2.24) is 4.90 Å². The number of hydrogen-bond donors (Lipinski definition) is 1. The van der Waals surface area contributed by atoms with Crippen molar-refractivity contribution in [3.63, 3.8) is 0 Å². The maximum Gasteiger partial charge on any atom is 0.125 e. The van der Waals surface area contributed by atoms with Gasteiger partial charge < -0.3 is 5.73 Å². The van der Waals surface area contributed by atoms with E-state index in [0.717, 1.165) is 18.5 Å². The highest BCUT2D eigenvalue weighted by molar-refractivity contribution is 6.30. The van der Waals surface area contributed by atoms with E-state index in [1.54, 1.807) is 6.07 Å². The second-order valence-electron chi connectivity index (χ2n) is 4.64. The predicted molar refractivity (Wildman–Crippen MR) is 75.4 cm³/mol. The Bertz CT molecular complexity index is 351. The van der Waals surface area contributed by atoms with Crippen molar-refractivity contribution >= 4 is 11.6 Å². The lowest BCUT2D eigenvalue weighted by molar-refractivity contribution is 0.244. The van der Waals surface area contributed by atoms with Crippen LogP contribution in [0.25, 0.3) is 0 Å². The summed E-state index contributed by atoms with van der Waals surface area (Å²) < 4.78 is 13.4. The molecule has 0 aliphatic heterocycles. The summed E-state index contributed by atoms with van der Waals surface area (Å²) in [6, 6.07) is 4.64. The Kier molecular flexibility index (Phi) is 6.61. The Morgan fingerprint density at radius 1 is 1.33 bits per heavy atom. The molecule has 0 saturated carbocycles. The van der Waals surface area contributed by atoms with Crippen molar-refractivity contribution < 1.29 is 4.39 Å². The molecule has 0 spiro atoms. The minimum atomic E-state index is -0.307. The fraction of sp³-hybridized carbons (Fsp3) is 0.571. The van der Waals surface area contributed by atoms with E-state index in [2.05, 4.69) is 11.8 Å². The number of rotatable bonds is 7. The highest BCUT2D eigenvalue weighted by atomic mass is 35.5. The molecule has 0 bridgehead atoms. The lowest BCUT2D eigenvalue weighted by Crippen LogP contribution is -2.31. The van der Waals surface area contributed by atoms with Gasteiger partial charge in [-0.3, -0.25) is 4.90 Å². The van der Waals surface area contributed by atoms with Crippen molar-refractivity contribution in [2.24, 2.45) is 5.73 Å². The Morgan fingerprint density at radius 3 is 2.61 bits per heavy atom. The maximum absolute atomic E-state index is 13.4. The highest BCUT2D eigenvalue weighted by Gasteiger charge is 2.16. The van der Waals surface area contributed by atoms with Gasteiger partial charge in [0, 0.05) is 17.6 Å². The zero-order valence-corrected chi connectivity index (χ0v) is 11.9. The standard InChI is InChI=1S/C14H22ClFN2/c1-3-4-5-6-18(2)14(10-17)11-7-12(15)9-13(16)8-11/h7-9,14H,3-6,10,17H2,1-2H3. The number of benzene rings is 1. The summed E-state index contributed by atoms with van der Waals surface area (Å²) in [5.74, 6) is -0.307. The number of likely N-dealkylation sites (N-methyl/N-ethyl adjacent to an activating group) is 1. The van der Waals surface area contributed by atoms with Crippen molar-refractivity contribution in [2.75, 3.05) is 20.1 Å². The SMILES string of the molecule is CCCCCN(C)C(CN)c1cc(F)cc(Cl)c1. The van der Waals surface area contributed by atoms with E-state index in [9.17, 15) is 4.39 Å². The van der Waals surface area contributed by atoms with Crippen LogP contribution in [0.4, 0.5) is 4.39 Å². The van der Waals surface area contributed by atoms with Crippen LogP contribution in [0.2, 0.25) is 5.02 Å². The van der Waals surface area contributed by atoms with Crippen LogP contribution in [0, 0.1) is 5.82 Å². The summed E-state index contributed by atoms with van der Waals surface area (Å²) >= 11 is 5.88. The zero-order valence-electron chi connectivity index (χ0n) is 11.1. The number of halogens is 2. The molecule has 1 aromatic rings. The van der Waals surface area contributed by atoms with E-state index >= 15 is 0 Å². The van der Waals surface area contributed by atoms with E-state index in [-0.39, 0.29) is 11.9 Å². The minimum Gasteiger partial charge on any atom is -0.329 e. The molecular weight excluding hydrogens is 251 g/mol. The number of nitrogens with zero attached hydrogens (tertiary/aromatic N) is 1. The zero-order chi connectivity index (χ0) is 13.5. The lowest BCUT2D eigenvalue weighted by Gasteiger charge is -2.27. The summed E-state index contributed by atoms with van der Waals surface area (Å²) in [4.78, 5) is 2.17. The first-order valence-electron chi connectivity index (χ1n) is 6.44. The Balaban J connectivity index is 2.74. The summed E-state index contributed by atoms with van der Waals surface area (Å²) in [7, 11) is 2.02. The van der Waals surface area contributed by atoms with Crippen molar-refractivity contribution in [3.8, 4) is 0 Å². The monoisotopic (exact) mass is 272 g/mol. The molecule has 0 radical (unpaired) electrons. The second-order valence-corrected chi connectivity index (χ2v) is 5.08. The number of unbranched alkanes of at least 4 members (excludes halogenated alkanes) is 2. The van der Waals surface area contributed by atoms with Gasteiger partial charge >= 0.3 is 0 Å². The average molecular weight is 273 g/mol. The van der Waals surface area contributed by atoms with Crippen LogP contribution < -0.4 is 5.73 Å². The Morgan fingerprint density at radius 2 is 2.06 bits per heavy atom. The summed E-state index contributed by atoms with van der Waals surface area (Å²) in [5.41, 5.74) is 6.65. The van der Waals surface area contributed by atoms with E-state index in [4.69, 9.17) is 17.3 Å². The molecule has 0 heterocycles. The molecule has 1 aromatic carbocycles. The van der Waals surface area contributed by atoms with E-state index < -0.39 is 0 Å². The van der Waals surface area contributed by atoms with E-state index in [1.807, 2.05) is 7.05 Å².